The summed E-state index contributed by atoms with van der Waals surface area (Å²) < 4.78 is 27.2. The zero-order chi connectivity index (χ0) is 23.3. The largest absolute Gasteiger partial charge is 0.350 e. The number of carbonyl (C=O) groups excluding carboxylic acids is 2. The lowest BCUT2D eigenvalue weighted by atomic mass is 10.0. The van der Waals surface area contributed by atoms with Crippen LogP contribution in [0, 0.1) is 0 Å². The van der Waals surface area contributed by atoms with E-state index >= 15 is 0 Å². The van der Waals surface area contributed by atoms with Crippen LogP contribution in [0.5, 0.6) is 0 Å². The molecule has 8 heteroatoms. The van der Waals surface area contributed by atoms with Gasteiger partial charge in [0.15, 0.2) is 0 Å². The van der Waals surface area contributed by atoms with Gasteiger partial charge >= 0.3 is 0 Å². The summed E-state index contributed by atoms with van der Waals surface area (Å²) in [5.41, 5.74) is 1.59. The number of piperidine rings is 2. The number of rotatable bonds is 7. The average molecular weight is 470 g/mol. The minimum absolute atomic E-state index is 0.00229. The highest BCUT2D eigenvalue weighted by Gasteiger charge is 2.32. The smallest absolute Gasteiger partial charge is 0.247 e. The molecule has 2 fully saturated rings. The molecule has 33 heavy (non-hydrogen) atoms. The Morgan fingerprint density at radius 1 is 0.879 bits per heavy atom. The lowest BCUT2D eigenvalue weighted by Gasteiger charge is -2.34. The van der Waals surface area contributed by atoms with Crippen LogP contribution in [0.3, 0.4) is 0 Å². The first-order valence-electron chi connectivity index (χ1n) is 11.7. The quantitative estimate of drug-likeness (QED) is 0.675. The van der Waals surface area contributed by atoms with Crippen LogP contribution in [0.2, 0.25) is 0 Å². The molecule has 7 nitrogen and oxygen atoms in total. The van der Waals surface area contributed by atoms with Crippen molar-refractivity contribution in [2.75, 3.05) is 19.6 Å². The van der Waals surface area contributed by atoms with Gasteiger partial charge in [0, 0.05) is 32.6 Å². The Morgan fingerprint density at radius 3 is 2.21 bits per heavy atom. The van der Waals surface area contributed by atoms with Gasteiger partial charge < -0.3 is 10.2 Å². The summed E-state index contributed by atoms with van der Waals surface area (Å²) in [5, 5.41) is 2.94. The summed E-state index contributed by atoms with van der Waals surface area (Å²) in [4.78, 5) is 27.7. The van der Waals surface area contributed by atoms with Crippen molar-refractivity contribution in [1.82, 2.24) is 14.5 Å². The first-order valence-corrected chi connectivity index (χ1v) is 13.1. The molecule has 1 unspecified atom stereocenters. The molecule has 0 saturated carbocycles. The molecular formula is C25H31N3O4S. The van der Waals surface area contributed by atoms with E-state index in [9.17, 15) is 18.0 Å². The van der Waals surface area contributed by atoms with Crippen LogP contribution in [0.4, 0.5) is 0 Å². The SMILES string of the molecule is O=C(NCc1ccc(S(=O)(=O)N2CCCCC2)cc1)C(c1ccccc1)N1CCCCC1=O. The van der Waals surface area contributed by atoms with E-state index in [4.69, 9.17) is 0 Å². The molecule has 0 aliphatic carbocycles. The molecule has 2 aliphatic heterocycles. The second kappa shape index (κ2) is 10.5. The molecule has 2 heterocycles. The maximum absolute atomic E-state index is 13.2. The molecule has 0 radical (unpaired) electrons. The van der Waals surface area contributed by atoms with Gasteiger partial charge in [0.05, 0.1) is 4.90 Å². The topological polar surface area (TPSA) is 86.8 Å². The summed E-state index contributed by atoms with van der Waals surface area (Å²) in [6, 6.07) is 15.4. The molecule has 1 atom stereocenters. The van der Waals surface area contributed by atoms with Crippen LogP contribution in [0.1, 0.15) is 55.7 Å². The molecule has 176 valence electrons. The highest BCUT2D eigenvalue weighted by Crippen LogP contribution is 2.26. The number of amides is 2. The fourth-order valence-electron chi connectivity index (χ4n) is 4.53. The van der Waals surface area contributed by atoms with Crippen molar-refractivity contribution >= 4 is 21.8 Å². The number of nitrogens with one attached hydrogen (secondary N) is 1. The average Bonchev–Trinajstić information content (AvgIpc) is 2.85. The highest BCUT2D eigenvalue weighted by atomic mass is 32.2. The van der Waals surface area contributed by atoms with Crippen LogP contribution >= 0.6 is 0 Å². The summed E-state index contributed by atoms with van der Waals surface area (Å²) in [5.74, 6) is -0.237. The van der Waals surface area contributed by atoms with Crippen LogP contribution < -0.4 is 5.32 Å². The Balaban J connectivity index is 1.44. The van der Waals surface area contributed by atoms with E-state index in [0.29, 0.717) is 26.1 Å². The summed E-state index contributed by atoms with van der Waals surface area (Å²) >= 11 is 0. The second-order valence-electron chi connectivity index (χ2n) is 8.68. The molecule has 0 aromatic heterocycles. The summed E-state index contributed by atoms with van der Waals surface area (Å²) in [7, 11) is -3.48. The van der Waals surface area contributed by atoms with E-state index in [0.717, 1.165) is 43.2 Å². The number of likely N-dealkylation sites (tertiary alicyclic amines) is 1. The van der Waals surface area contributed by atoms with Gasteiger partial charge in [0.2, 0.25) is 21.8 Å². The molecule has 0 bridgehead atoms. The zero-order valence-electron chi connectivity index (χ0n) is 18.8. The van der Waals surface area contributed by atoms with Crippen LogP contribution in [-0.4, -0.2) is 49.1 Å². The van der Waals surface area contributed by atoms with Gasteiger partial charge in [-0.25, -0.2) is 8.42 Å². The van der Waals surface area contributed by atoms with Crippen molar-refractivity contribution in [1.29, 1.82) is 0 Å². The second-order valence-corrected chi connectivity index (χ2v) is 10.6. The molecule has 4 rings (SSSR count). The molecule has 1 N–H and O–H groups in total. The van der Waals surface area contributed by atoms with E-state index in [1.54, 1.807) is 33.5 Å². The van der Waals surface area contributed by atoms with Crippen molar-refractivity contribution in [3.05, 3.63) is 65.7 Å². The molecule has 2 aliphatic rings. The van der Waals surface area contributed by atoms with Gasteiger partial charge in [-0.2, -0.15) is 4.31 Å². The third-order valence-corrected chi connectivity index (χ3v) is 8.29. The van der Waals surface area contributed by atoms with Gasteiger partial charge in [0.1, 0.15) is 6.04 Å². The standard InChI is InChI=1S/C25H31N3O4S/c29-23-11-5-8-18-28(23)24(21-9-3-1-4-10-21)25(30)26-19-20-12-14-22(15-13-20)33(31,32)27-16-6-2-7-17-27/h1,3-4,9-10,12-15,24H,2,5-8,11,16-19H2,(H,26,30). The normalized spacial score (nSPS) is 18.7. The van der Waals surface area contributed by atoms with E-state index < -0.39 is 16.1 Å². The van der Waals surface area contributed by atoms with Gasteiger partial charge in [0.25, 0.3) is 0 Å². The molecular weight excluding hydrogens is 438 g/mol. The minimum atomic E-state index is -3.48. The monoisotopic (exact) mass is 469 g/mol. The van der Waals surface area contributed by atoms with Crippen LogP contribution in [-0.2, 0) is 26.2 Å². The predicted octanol–water partition coefficient (Wildman–Crippen LogP) is 3.23. The first-order chi connectivity index (χ1) is 16.0. The maximum Gasteiger partial charge on any atom is 0.247 e. The van der Waals surface area contributed by atoms with Crippen molar-refractivity contribution in [3.8, 4) is 0 Å². The number of carbonyl (C=O) groups is 2. The lowest BCUT2D eigenvalue weighted by molar-refractivity contribution is -0.142. The zero-order valence-corrected chi connectivity index (χ0v) is 19.6. The Bertz CT molecular complexity index is 1060. The fourth-order valence-corrected chi connectivity index (χ4v) is 6.04. The number of sulfonamides is 1. The van der Waals surface area contributed by atoms with E-state index in [-0.39, 0.29) is 23.3 Å². The molecule has 2 aromatic rings. The van der Waals surface area contributed by atoms with Crippen molar-refractivity contribution in [2.24, 2.45) is 0 Å². The lowest BCUT2D eigenvalue weighted by Crippen LogP contribution is -2.45. The number of benzene rings is 2. The maximum atomic E-state index is 13.2. The Labute approximate surface area is 195 Å². The number of hydrogen-bond acceptors (Lipinski definition) is 4. The van der Waals surface area contributed by atoms with Crippen molar-refractivity contribution in [2.45, 2.75) is 56.0 Å². The first kappa shape index (κ1) is 23.4. The molecule has 2 aromatic carbocycles. The van der Waals surface area contributed by atoms with E-state index in [2.05, 4.69) is 5.32 Å². The van der Waals surface area contributed by atoms with Gasteiger partial charge in [-0.05, 0) is 48.9 Å². The number of hydrogen-bond donors (Lipinski definition) is 1. The molecule has 2 saturated heterocycles. The summed E-state index contributed by atoms with van der Waals surface area (Å²) in [6.45, 7) is 1.95. The third-order valence-electron chi connectivity index (χ3n) is 6.38. The van der Waals surface area contributed by atoms with Crippen molar-refractivity contribution in [3.63, 3.8) is 0 Å². The van der Waals surface area contributed by atoms with Crippen LogP contribution in [0.25, 0.3) is 0 Å². The minimum Gasteiger partial charge on any atom is -0.350 e. The Hall–Kier alpha value is -2.71. The van der Waals surface area contributed by atoms with Crippen LogP contribution in [0.15, 0.2) is 59.5 Å². The van der Waals surface area contributed by atoms with E-state index in [1.807, 2.05) is 30.3 Å². The van der Waals surface area contributed by atoms with Gasteiger partial charge in [-0.1, -0.05) is 48.9 Å². The Kier molecular flexibility index (Phi) is 7.45. The van der Waals surface area contributed by atoms with E-state index in [1.165, 1.54) is 0 Å². The molecule has 0 spiro atoms. The summed E-state index contributed by atoms with van der Waals surface area (Å²) in [6.07, 6.45) is 5.05. The fraction of sp³-hybridized carbons (Fsp3) is 0.440. The van der Waals surface area contributed by atoms with Crippen molar-refractivity contribution < 1.29 is 18.0 Å². The Morgan fingerprint density at radius 2 is 1.55 bits per heavy atom. The number of nitrogens with zero attached hydrogens (tertiary/aromatic N) is 2. The predicted molar refractivity (Wildman–Crippen MR) is 126 cm³/mol. The highest BCUT2D eigenvalue weighted by molar-refractivity contribution is 7.89. The molecule has 2 amide bonds. The van der Waals surface area contributed by atoms with Gasteiger partial charge in [-0.3, -0.25) is 9.59 Å². The van der Waals surface area contributed by atoms with Gasteiger partial charge in [-0.15, -0.1) is 0 Å². The third kappa shape index (κ3) is 5.45.